The van der Waals surface area contributed by atoms with Crippen LogP contribution in [0, 0.1) is 0 Å². The Hall–Kier alpha value is -0.783. The van der Waals surface area contributed by atoms with Gasteiger partial charge in [0, 0.05) is 12.4 Å². The first-order valence-corrected chi connectivity index (χ1v) is 2.28. The molecule has 0 aromatic carbocycles. The summed E-state index contributed by atoms with van der Waals surface area (Å²) < 4.78 is 0. The van der Waals surface area contributed by atoms with Crippen molar-refractivity contribution in [3.05, 3.63) is 30.6 Å². The fraction of sp³-hybridized carbons (Fsp3) is 0. The Morgan fingerprint density at radius 1 is 1.20 bits per heavy atom. The molecule has 10 heavy (non-hydrogen) atoms. The van der Waals surface area contributed by atoms with Gasteiger partial charge in [0.15, 0.2) is 0 Å². The van der Waals surface area contributed by atoms with Gasteiger partial charge >= 0.3 is 18.9 Å². The molecule has 0 aliphatic rings. The van der Waals surface area contributed by atoms with Gasteiger partial charge in [-0.05, 0) is 12.1 Å². The first-order valence-electron chi connectivity index (χ1n) is 2.28. The van der Waals surface area contributed by atoms with Gasteiger partial charge < -0.3 is 9.90 Å². The predicted molar refractivity (Wildman–Crippen MR) is 32.6 cm³/mol. The molecule has 0 saturated heterocycles. The largest absolute Gasteiger partial charge is 1.00 e. The van der Waals surface area contributed by atoms with Gasteiger partial charge in [-0.1, -0.05) is 12.5 Å². The van der Waals surface area contributed by atoms with Gasteiger partial charge in [0.25, 0.3) is 0 Å². The Labute approximate surface area is 71.3 Å². The molecule has 0 aliphatic heterocycles. The van der Waals surface area contributed by atoms with Gasteiger partial charge in [-0.2, -0.15) is 0 Å². The average molecular weight is 131 g/mol. The van der Waals surface area contributed by atoms with Crippen LogP contribution in [-0.4, -0.2) is 16.6 Å². The molecule has 3 nitrogen and oxygen atoms in total. The molecule has 1 heterocycles. The second kappa shape index (κ2) is 11.1. The summed E-state index contributed by atoms with van der Waals surface area (Å²) in [6.45, 7) is 0.500. The Kier molecular flexibility index (Phi) is 13.2. The summed E-state index contributed by atoms with van der Waals surface area (Å²) in [7, 11) is 0. The van der Waals surface area contributed by atoms with E-state index >= 15 is 0 Å². The first-order chi connectivity index (χ1) is 4.41. The molecule has 1 aromatic rings. The summed E-state index contributed by atoms with van der Waals surface area (Å²) >= 11 is 0. The van der Waals surface area contributed by atoms with E-state index < -0.39 is 0 Å². The molecule has 48 valence electrons. The van der Waals surface area contributed by atoms with Crippen molar-refractivity contribution < 1.29 is 28.8 Å². The van der Waals surface area contributed by atoms with Crippen LogP contribution in [0.2, 0.25) is 0 Å². The van der Waals surface area contributed by atoms with Crippen LogP contribution in [0.25, 0.3) is 0 Å². The SMILES string of the molecule is O=[C-]O.[Li+].c1ccncc1. The van der Waals surface area contributed by atoms with Crippen molar-refractivity contribution in [2.45, 2.75) is 0 Å². The second-order valence-electron chi connectivity index (χ2n) is 1.12. The van der Waals surface area contributed by atoms with E-state index in [-0.39, 0.29) is 18.9 Å². The minimum absolute atomic E-state index is 0. The summed E-state index contributed by atoms with van der Waals surface area (Å²) in [4.78, 5) is 12.0. The van der Waals surface area contributed by atoms with Gasteiger partial charge in [-0.3, -0.25) is 4.98 Å². The molecule has 0 amide bonds. The number of hydrogen-bond acceptors (Lipinski definition) is 2. The van der Waals surface area contributed by atoms with E-state index in [4.69, 9.17) is 9.90 Å². The van der Waals surface area contributed by atoms with Crippen LogP contribution in [0.15, 0.2) is 30.6 Å². The third kappa shape index (κ3) is 10.2. The van der Waals surface area contributed by atoms with Crippen molar-refractivity contribution in [1.29, 1.82) is 0 Å². The topological polar surface area (TPSA) is 50.2 Å². The summed E-state index contributed by atoms with van der Waals surface area (Å²) in [5.74, 6) is 0. The van der Waals surface area contributed by atoms with E-state index in [9.17, 15) is 0 Å². The van der Waals surface area contributed by atoms with Crippen LogP contribution in [0.3, 0.4) is 0 Å². The molecule has 0 fully saturated rings. The Morgan fingerprint density at radius 2 is 1.60 bits per heavy atom. The van der Waals surface area contributed by atoms with Crippen molar-refractivity contribution in [2.75, 3.05) is 0 Å². The molecule has 1 aromatic heterocycles. The number of aromatic nitrogens is 1. The molecule has 1 N–H and O–H groups in total. The number of aliphatic hydroxyl groups excluding tert-OH is 1. The van der Waals surface area contributed by atoms with Crippen molar-refractivity contribution in [2.24, 2.45) is 0 Å². The van der Waals surface area contributed by atoms with E-state index in [1.807, 2.05) is 18.2 Å². The van der Waals surface area contributed by atoms with E-state index in [1.165, 1.54) is 0 Å². The van der Waals surface area contributed by atoms with Gasteiger partial charge in [0.05, 0.1) is 0 Å². The van der Waals surface area contributed by atoms with Crippen LogP contribution in [0.1, 0.15) is 0 Å². The molecule has 0 radical (unpaired) electrons. The molecule has 0 bridgehead atoms. The van der Waals surface area contributed by atoms with Crippen LogP contribution in [-0.2, 0) is 4.79 Å². The molecule has 0 spiro atoms. The summed E-state index contributed by atoms with van der Waals surface area (Å²) in [5.41, 5.74) is 0. The Bertz CT molecular complexity index is 119. The average Bonchev–Trinajstić information content (AvgIpc) is 1.93. The van der Waals surface area contributed by atoms with Gasteiger partial charge in [-0.25, -0.2) is 0 Å². The van der Waals surface area contributed by atoms with Crippen molar-refractivity contribution >= 4 is 6.47 Å². The fourth-order valence-corrected chi connectivity index (χ4v) is 0.313. The maximum absolute atomic E-state index is 8.24. The molecule has 0 unspecified atom stereocenters. The summed E-state index contributed by atoms with van der Waals surface area (Å²) in [6, 6.07) is 5.72. The summed E-state index contributed by atoms with van der Waals surface area (Å²) in [6.07, 6.45) is 3.50. The normalized spacial score (nSPS) is 6.00. The van der Waals surface area contributed by atoms with Crippen molar-refractivity contribution in [3.8, 4) is 0 Å². The zero-order chi connectivity index (χ0) is 6.95. The number of hydrogen-bond donors (Lipinski definition) is 1. The van der Waals surface area contributed by atoms with Gasteiger partial charge in [0.1, 0.15) is 0 Å². The Balaban J connectivity index is 0. The summed E-state index contributed by atoms with van der Waals surface area (Å²) in [5, 5.41) is 6.76. The predicted octanol–water partition coefficient (Wildman–Crippen LogP) is -2.30. The van der Waals surface area contributed by atoms with Gasteiger partial charge in [0.2, 0.25) is 0 Å². The smallest absolute Gasteiger partial charge is 0.665 e. The first kappa shape index (κ1) is 11.9. The molecule has 1 rings (SSSR count). The Morgan fingerprint density at radius 3 is 1.70 bits per heavy atom. The second-order valence-corrected chi connectivity index (χ2v) is 1.12. The minimum atomic E-state index is 0. The minimum Gasteiger partial charge on any atom is -0.665 e. The van der Waals surface area contributed by atoms with Crippen molar-refractivity contribution in [1.82, 2.24) is 4.98 Å². The molecule has 0 aliphatic carbocycles. The standard InChI is InChI=1S/C5H5N.CHO2.Li/c1-2-4-6-5-3-1;2-1-3;/h1-5H;(H,2,3);/q;-1;+1. The maximum atomic E-state index is 8.24. The molecular weight excluding hydrogens is 125 g/mol. The molecule has 0 atom stereocenters. The van der Waals surface area contributed by atoms with E-state index in [0.717, 1.165) is 0 Å². The fourth-order valence-electron chi connectivity index (χ4n) is 0.313. The number of rotatable bonds is 0. The van der Waals surface area contributed by atoms with Gasteiger partial charge in [-0.15, -0.1) is 0 Å². The van der Waals surface area contributed by atoms with Crippen molar-refractivity contribution in [3.63, 3.8) is 0 Å². The maximum Gasteiger partial charge on any atom is 1.00 e. The number of pyridine rings is 1. The van der Waals surface area contributed by atoms with Crippen LogP contribution in [0.5, 0.6) is 0 Å². The van der Waals surface area contributed by atoms with E-state index in [1.54, 1.807) is 12.4 Å². The third-order valence-electron chi connectivity index (χ3n) is 0.566. The number of nitrogens with zero attached hydrogens (tertiary/aromatic N) is 1. The third-order valence-corrected chi connectivity index (χ3v) is 0.566. The van der Waals surface area contributed by atoms with Crippen LogP contribution in [0.4, 0.5) is 0 Å². The van der Waals surface area contributed by atoms with Crippen LogP contribution < -0.4 is 18.9 Å². The molecular formula is C6H6LiNO2. The molecule has 4 heteroatoms. The van der Waals surface area contributed by atoms with Crippen LogP contribution >= 0.6 is 0 Å². The van der Waals surface area contributed by atoms with E-state index in [2.05, 4.69) is 4.98 Å². The zero-order valence-electron chi connectivity index (χ0n) is 5.69. The zero-order valence-corrected chi connectivity index (χ0v) is 5.69. The monoisotopic (exact) mass is 131 g/mol. The quantitative estimate of drug-likeness (QED) is 0.318. The molecule has 0 saturated carbocycles. The van der Waals surface area contributed by atoms with E-state index in [0.29, 0.717) is 6.47 Å².